The normalized spacial score (nSPS) is 19.4. The zero-order chi connectivity index (χ0) is 19.6. The molecule has 0 radical (unpaired) electrons. The number of rotatable bonds is 5. The van der Waals surface area contributed by atoms with Crippen LogP contribution in [0.2, 0.25) is 0 Å². The van der Waals surface area contributed by atoms with Gasteiger partial charge in [-0.2, -0.15) is 10.2 Å². The van der Waals surface area contributed by atoms with Gasteiger partial charge in [-0.3, -0.25) is 19.4 Å². The first-order chi connectivity index (χ1) is 14.3. The molecule has 29 heavy (non-hydrogen) atoms. The molecule has 0 aliphatic carbocycles. The average Bonchev–Trinajstić information content (AvgIpc) is 3.36. The Hall–Kier alpha value is -2.84. The maximum absolute atomic E-state index is 12.4. The summed E-state index contributed by atoms with van der Waals surface area (Å²) in [6.07, 6.45) is 5.68. The fourth-order valence-corrected chi connectivity index (χ4v) is 4.20. The van der Waals surface area contributed by atoms with Gasteiger partial charge >= 0.3 is 0 Å². The third kappa shape index (κ3) is 3.86. The van der Waals surface area contributed by atoms with E-state index in [1.165, 1.54) is 0 Å². The number of aromatic nitrogens is 5. The summed E-state index contributed by atoms with van der Waals surface area (Å²) >= 11 is 0. The van der Waals surface area contributed by atoms with Crippen LogP contribution in [0.3, 0.4) is 0 Å². The summed E-state index contributed by atoms with van der Waals surface area (Å²) in [5.41, 5.74) is 3.82. The molecule has 3 aromatic heterocycles. The monoisotopic (exact) mass is 392 g/mol. The largest absolute Gasteiger partial charge is 0.373 e. The van der Waals surface area contributed by atoms with Gasteiger partial charge in [-0.15, -0.1) is 0 Å². The molecule has 0 aromatic carbocycles. The molecule has 1 fully saturated rings. The van der Waals surface area contributed by atoms with Crippen molar-refractivity contribution in [3.63, 3.8) is 0 Å². The molecule has 2 aliphatic rings. The average molecular weight is 392 g/mol. The Balaban J connectivity index is 1.33. The second-order valence-electron chi connectivity index (χ2n) is 7.65. The highest BCUT2D eigenvalue weighted by molar-refractivity contribution is 5.56. The van der Waals surface area contributed by atoms with Crippen LogP contribution in [-0.4, -0.2) is 48.6 Å². The molecule has 0 saturated carbocycles. The van der Waals surface area contributed by atoms with E-state index in [9.17, 15) is 4.79 Å². The van der Waals surface area contributed by atoms with Gasteiger partial charge in [0.2, 0.25) is 0 Å². The molecule has 5 heterocycles. The van der Waals surface area contributed by atoms with Crippen molar-refractivity contribution in [3.05, 3.63) is 64.5 Å². The van der Waals surface area contributed by atoms with Gasteiger partial charge < -0.3 is 4.74 Å². The standard InChI is InChI=1S/C21H24N6O2/c28-21-6-5-20(16-3-1-7-22-12-16)24-27(21)14-18-4-2-8-25(18)13-17-11-19-15-29-10-9-26(19)23-17/h1,3,5-7,11-12,18H,2,4,8-10,13-15H2. The van der Waals surface area contributed by atoms with E-state index in [1.54, 1.807) is 29.2 Å². The number of ether oxygens (including phenoxy) is 1. The van der Waals surface area contributed by atoms with Crippen LogP contribution < -0.4 is 5.56 Å². The lowest BCUT2D eigenvalue weighted by Crippen LogP contribution is -2.36. The quantitative estimate of drug-likeness (QED) is 0.658. The van der Waals surface area contributed by atoms with Gasteiger partial charge in [0.1, 0.15) is 0 Å². The number of hydrogen-bond acceptors (Lipinski definition) is 6. The molecule has 1 saturated heterocycles. The number of pyridine rings is 1. The van der Waals surface area contributed by atoms with E-state index in [0.29, 0.717) is 13.2 Å². The minimum atomic E-state index is -0.0703. The van der Waals surface area contributed by atoms with Crippen LogP contribution in [0.1, 0.15) is 24.2 Å². The molecule has 0 amide bonds. The number of likely N-dealkylation sites (tertiary alicyclic amines) is 1. The van der Waals surface area contributed by atoms with Gasteiger partial charge in [0, 0.05) is 36.6 Å². The van der Waals surface area contributed by atoms with Crippen LogP contribution in [0.15, 0.2) is 47.5 Å². The molecular weight excluding hydrogens is 368 g/mol. The Bertz CT molecular complexity index is 1020. The van der Waals surface area contributed by atoms with Crippen molar-refractivity contribution in [1.82, 2.24) is 29.4 Å². The van der Waals surface area contributed by atoms with Crippen LogP contribution in [0.25, 0.3) is 11.3 Å². The van der Waals surface area contributed by atoms with Crippen LogP contribution in [0, 0.1) is 0 Å². The summed E-state index contributed by atoms with van der Waals surface area (Å²) in [5, 5.41) is 9.33. The lowest BCUT2D eigenvalue weighted by Gasteiger charge is -2.23. The predicted molar refractivity (Wildman–Crippen MR) is 107 cm³/mol. The van der Waals surface area contributed by atoms with Gasteiger partial charge in [0.15, 0.2) is 0 Å². The summed E-state index contributed by atoms with van der Waals surface area (Å²) in [6, 6.07) is 9.61. The zero-order valence-electron chi connectivity index (χ0n) is 16.3. The maximum Gasteiger partial charge on any atom is 0.266 e. The van der Waals surface area contributed by atoms with E-state index >= 15 is 0 Å². The zero-order valence-corrected chi connectivity index (χ0v) is 16.3. The van der Waals surface area contributed by atoms with Crippen molar-refractivity contribution >= 4 is 0 Å². The third-order valence-electron chi connectivity index (χ3n) is 5.68. The van der Waals surface area contributed by atoms with Crippen LogP contribution in [-0.2, 0) is 31.0 Å². The SMILES string of the molecule is O=c1ccc(-c2cccnc2)nn1CC1CCCN1Cc1cc2n(n1)CCOC2. The first-order valence-corrected chi connectivity index (χ1v) is 10.1. The van der Waals surface area contributed by atoms with Crippen molar-refractivity contribution in [2.75, 3.05) is 13.2 Å². The van der Waals surface area contributed by atoms with Crippen LogP contribution >= 0.6 is 0 Å². The molecule has 0 spiro atoms. The number of fused-ring (bicyclic) bond motifs is 1. The predicted octanol–water partition coefficient (Wildman–Crippen LogP) is 1.70. The summed E-state index contributed by atoms with van der Waals surface area (Å²) in [6.45, 7) is 4.57. The van der Waals surface area contributed by atoms with Crippen molar-refractivity contribution < 1.29 is 4.74 Å². The van der Waals surface area contributed by atoms with E-state index in [1.807, 2.05) is 16.8 Å². The molecule has 1 atom stereocenters. The minimum absolute atomic E-state index is 0.0703. The summed E-state index contributed by atoms with van der Waals surface area (Å²) in [4.78, 5) is 19.0. The van der Waals surface area contributed by atoms with Crippen molar-refractivity contribution in [3.8, 4) is 11.3 Å². The Morgan fingerprint density at radius 1 is 1.17 bits per heavy atom. The number of hydrogen-bond donors (Lipinski definition) is 0. The molecular formula is C21H24N6O2. The highest BCUT2D eigenvalue weighted by Crippen LogP contribution is 2.22. The van der Waals surface area contributed by atoms with Gasteiger partial charge in [-0.1, -0.05) is 0 Å². The second kappa shape index (κ2) is 7.88. The molecule has 5 rings (SSSR count). The van der Waals surface area contributed by atoms with Gasteiger partial charge in [-0.25, -0.2) is 4.68 Å². The first kappa shape index (κ1) is 18.2. The molecule has 3 aromatic rings. The van der Waals surface area contributed by atoms with E-state index in [4.69, 9.17) is 9.84 Å². The van der Waals surface area contributed by atoms with Crippen molar-refractivity contribution in [1.29, 1.82) is 0 Å². The molecule has 150 valence electrons. The summed E-state index contributed by atoms with van der Waals surface area (Å²) in [5.74, 6) is 0. The Kier molecular flexibility index (Phi) is 4.95. The Labute approximate surface area is 168 Å². The lowest BCUT2D eigenvalue weighted by atomic mass is 10.2. The molecule has 0 N–H and O–H groups in total. The lowest BCUT2D eigenvalue weighted by molar-refractivity contribution is 0.0799. The van der Waals surface area contributed by atoms with Gasteiger partial charge in [0.25, 0.3) is 5.56 Å². The molecule has 0 bridgehead atoms. The van der Waals surface area contributed by atoms with Gasteiger partial charge in [0.05, 0.1) is 43.4 Å². The first-order valence-electron chi connectivity index (χ1n) is 10.1. The topological polar surface area (TPSA) is 78.1 Å². The molecule has 8 heteroatoms. The third-order valence-corrected chi connectivity index (χ3v) is 5.68. The van der Waals surface area contributed by atoms with Crippen molar-refractivity contribution in [2.24, 2.45) is 0 Å². The van der Waals surface area contributed by atoms with Gasteiger partial charge in [-0.05, 0) is 43.7 Å². The highest BCUT2D eigenvalue weighted by Gasteiger charge is 2.27. The fourth-order valence-electron chi connectivity index (χ4n) is 4.20. The number of nitrogens with zero attached hydrogens (tertiary/aromatic N) is 6. The second-order valence-corrected chi connectivity index (χ2v) is 7.65. The van der Waals surface area contributed by atoms with E-state index in [-0.39, 0.29) is 11.6 Å². The molecule has 2 aliphatic heterocycles. The smallest absolute Gasteiger partial charge is 0.266 e. The van der Waals surface area contributed by atoms with E-state index in [0.717, 1.165) is 61.7 Å². The van der Waals surface area contributed by atoms with Crippen molar-refractivity contribution in [2.45, 2.75) is 45.1 Å². The molecule has 8 nitrogen and oxygen atoms in total. The van der Waals surface area contributed by atoms with Crippen LogP contribution in [0.5, 0.6) is 0 Å². The molecule has 1 unspecified atom stereocenters. The maximum atomic E-state index is 12.4. The Morgan fingerprint density at radius 2 is 2.14 bits per heavy atom. The minimum Gasteiger partial charge on any atom is -0.373 e. The highest BCUT2D eigenvalue weighted by atomic mass is 16.5. The Morgan fingerprint density at radius 3 is 3.00 bits per heavy atom. The van der Waals surface area contributed by atoms with E-state index < -0.39 is 0 Å². The summed E-state index contributed by atoms with van der Waals surface area (Å²) in [7, 11) is 0. The fraction of sp³-hybridized carbons (Fsp3) is 0.429. The summed E-state index contributed by atoms with van der Waals surface area (Å²) < 4.78 is 9.16. The van der Waals surface area contributed by atoms with Crippen LogP contribution in [0.4, 0.5) is 0 Å². The van der Waals surface area contributed by atoms with E-state index in [2.05, 4.69) is 21.0 Å².